The van der Waals surface area contributed by atoms with Crippen LogP contribution in [0, 0.1) is 11.6 Å². The molecule has 0 aliphatic heterocycles. The topological polar surface area (TPSA) is 69.9 Å². The second-order valence-corrected chi connectivity index (χ2v) is 6.53. The van der Waals surface area contributed by atoms with Gasteiger partial charge in [-0.15, -0.1) is 5.10 Å². The van der Waals surface area contributed by atoms with Crippen molar-refractivity contribution in [3.05, 3.63) is 77.1 Å². The third kappa shape index (κ3) is 4.37. The van der Waals surface area contributed by atoms with Gasteiger partial charge in [0.1, 0.15) is 17.2 Å². The van der Waals surface area contributed by atoms with Gasteiger partial charge in [0.2, 0.25) is 0 Å². The van der Waals surface area contributed by atoms with Crippen LogP contribution in [0.2, 0.25) is 0 Å². The highest BCUT2D eigenvalue weighted by molar-refractivity contribution is 6.25. The van der Waals surface area contributed by atoms with Crippen LogP contribution in [0.1, 0.15) is 43.8 Å². The molecule has 6 nitrogen and oxygen atoms in total. The van der Waals surface area contributed by atoms with E-state index in [4.69, 9.17) is 4.74 Å². The minimum absolute atomic E-state index is 0.115. The average Bonchev–Trinajstić information content (AvgIpc) is 3.17. The molecular formula is C21H20F2N4O2. The van der Waals surface area contributed by atoms with Crippen LogP contribution in [0.4, 0.5) is 8.78 Å². The minimum Gasteiger partial charge on any atom is -0.462 e. The van der Waals surface area contributed by atoms with E-state index in [1.807, 2.05) is 13.8 Å². The van der Waals surface area contributed by atoms with Gasteiger partial charge in [0.05, 0.1) is 12.6 Å². The lowest BCUT2D eigenvalue weighted by atomic mass is 9.92. The number of carbonyl (C=O) groups excluding carboxylic acids is 1. The molecule has 0 radical (unpaired) electrons. The summed E-state index contributed by atoms with van der Waals surface area (Å²) in [5.74, 6) is -1.26. The molecule has 29 heavy (non-hydrogen) atoms. The quantitative estimate of drug-likeness (QED) is 0.463. The van der Waals surface area contributed by atoms with Crippen molar-refractivity contribution in [3.63, 3.8) is 0 Å². The van der Waals surface area contributed by atoms with E-state index in [1.54, 1.807) is 6.92 Å². The zero-order chi connectivity index (χ0) is 21.0. The average molecular weight is 398 g/mol. The summed E-state index contributed by atoms with van der Waals surface area (Å²) in [6.07, 6.45) is 0. The van der Waals surface area contributed by atoms with Gasteiger partial charge in [-0.1, -0.05) is 24.3 Å². The van der Waals surface area contributed by atoms with Crippen LogP contribution in [0.15, 0.2) is 48.5 Å². The SMILES string of the molecule is CCOC(=O)C(=C(c1ccc(F)cc1)c1ccc(F)cc1)c1nnnn1C(C)C. The van der Waals surface area contributed by atoms with Gasteiger partial charge in [-0.25, -0.2) is 18.3 Å². The summed E-state index contributed by atoms with van der Waals surface area (Å²) >= 11 is 0. The number of tetrazole rings is 1. The molecule has 2 aromatic carbocycles. The van der Waals surface area contributed by atoms with E-state index in [2.05, 4.69) is 15.5 Å². The Labute approximate surface area is 166 Å². The Balaban J connectivity index is 2.37. The van der Waals surface area contributed by atoms with Gasteiger partial charge in [-0.05, 0) is 66.6 Å². The summed E-state index contributed by atoms with van der Waals surface area (Å²) in [5, 5.41) is 11.7. The fourth-order valence-corrected chi connectivity index (χ4v) is 2.90. The first kappa shape index (κ1) is 20.3. The maximum atomic E-state index is 13.5. The molecular weight excluding hydrogens is 378 g/mol. The number of nitrogens with zero attached hydrogens (tertiary/aromatic N) is 4. The summed E-state index contributed by atoms with van der Waals surface area (Å²) in [4.78, 5) is 13.0. The summed E-state index contributed by atoms with van der Waals surface area (Å²) in [5.41, 5.74) is 1.61. The highest BCUT2D eigenvalue weighted by Crippen LogP contribution is 2.33. The molecule has 0 saturated carbocycles. The van der Waals surface area contributed by atoms with Gasteiger partial charge in [0.25, 0.3) is 0 Å². The number of carbonyl (C=O) groups is 1. The van der Waals surface area contributed by atoms with E-state index in [9.17, 15) is 13.6 Å². The van der Waals surface area contributed by atoms with E-state index in [1.165, 1.54) is 53.2 Å². The first-order valence-electron chi connectivity index (χ1n) is 9.13. The molecule has 3 aromatic rings. The zero-order valence-corrected chi connectivity index (χ0v) is 16.3. The van der Waals surface area contributed by atoms with E-state index < -0.39 is 17.6 Å². The molecule has 0 amide bonds. The highest BCUT2D eigenvalue weighted by atomic mass is 19.1. The first-order chi connectivity index (χ1) is 13.9. The van der Waals surface area contributed by atoms with Crippen molar-refractivity contribution in [2.75, 3.05) is 6.61 Å². The highest BCUT2D eigenvalue weighted by Gasteiger charge is 2.27. The molecule has 0 N–H and O–H groups in total. The number of ether oxygens (including phenoxy) is 1. The Hall–Kier alpha value is -3.42. The molecule has 3 rings (SSSR count). The molecule has 0 aliphatic rings. The summed E-state index contributed by atoms with van der Waals surface area (Å²) in [6, 6.07) is 11.2. The third-order valence-corrected chi connectivity index (χ3v) is 4.20. The fourth-order valence-electron chi connectivity index (χ4n) is 2.90. The summed E-state index contributed by atoms with van der Waals surface area (Å²) < 4.78 is 33.9. The number of halogens is 2. The molecule has 8 heteroatoms. The van der Waals surface area contributed by atoms with Crippen molar-refractivity contribution >= 4 is 17.1 Å². The lowest BCUT2D eigenvalue weighted by molar-refractivity contribution is -0.136. The third-order valence-electron chi connectivity index (χ3n) is 4.20. The Bertz CT molecular complexity index is 978. The van der Waals surface area contributed by atoms with Crippen LogP contribution >= 0.6 is 0 Å². The van der Waals surface area contributed by atoms with Crippen LogP contribution in [-0.4, -0.2) is 32.8 Å². The van der Waals surface area contributed by atoms with E-state index in [-0.39, 0.29) is 24.0 Å². The number of hydrogen-bond donors (Lipinski definition) is 0. The van der Waals surface area contributed by atoms with Gasteiger partial charge >= 0.3 is 5.97 Å². The molecule has 1 heterocycles. The smallest absolute Gasteiger partial charge is 0.342 e. The summed E-state index contributed by atoms with van der Waals surface area (Å²) in [7, 11) is 0. The lowest BCUT2D eigenvalue weighted by Crippen LogP contribution is -2.16. The van der Waals surface area contributed by atoms with Gasteiger partial charge in [0.15, 0.2) is 5.82 Å². The van der Waals surface area contributed by atoms with Gasteiger partial charge in [0, 0.05) is 5.57 Å². The molecule has 150 valence electrons. The van der Waals surface area contributed by atoms with Crippen molar-refractivity contribution in [1.29, 1.82) is 0 Å². The van der Waals surface area contributed by atoms with Crippen LogP contribution in [0.25, 0.3) is 11.1 Å². The van der Waals surface area contributed by atoms with Crippen LogP contribution < -0.4 is 0 Å². The van der Waals surface area contributed by atoms with Gasteiger partial charge in [-0.3, -0.25) is 0 Å². The largest absolute Gasteiger partial charge is 0.462 e. The van der Waals surface area contributed by atoms with Crippen molar-refractivity contribution in [2.45, 2.75) is 26.8 Å². The van der Waals surface area contributed by atoms with Crippen LogP contribution in [0.5, 0.6) is 0 Å². The van der Waals surface area contributed by atoms with Crippen molar-refractivity contribution < 1.29 is 18.3 Å². The maximum absolute atomic E-state index is 13.5. The Morgan fingerprint density at radius 1 is 1.00 bits per heavy atom. The lowest BCUT2D eigenvalue weighted by Gasteiger charge is -2.16. The Kier molecular flexibility index (Phi) is 6.11. The van der Waals surface area contributed by atoms with Gasteiger partial charge in [-0.2, -0.15) is 0 Å². The Morgan fingerprint density at radius 2 is 1.52 bits per heavy atom. The summed E-state index contributed by atoms with van der Waals surface area (Å²) in [6.45, 7) is 5.58. The van der Waals surface area contributed by atoms with Crippen LogP contribution in [0.3, 0.4) is 0 Å². The Morgan fingerprint density at radius 3 is 1.97 bits per heavy atom. The monoisotopic (exact) mass is 398 g/mol. The minimum atomic E-state index is -0.632. The maximum Gasteiger partial charge on any atom is 0.342 e. The molecule has 0 aliphatic carbocycles. The molecule has 0 fully saturated rings. The second-order valence-electron chi connectivity index (χ2n) is 6.53. The molecule has 0 saturated heterocycles. The first-order valence-corrected chi connectivity index (χ1v) is 9.13. The normalized spacial score (nSPS) is 10.8. The molecule has 0 bridgehead atoms. The van der Waals surface area contributed by atoms with Crippen LogP contribution in [-0.2, 0) is 9.53 Å². The number of benzene rings is 2. The standard InChI is InChI=1S/C21H20F2N4O2/c1-4-29-21(28)19(20-24-25-26-27(20)13(2)3)18(14-5-9-16(22)10-6-14)15-7-11-17(23)12-8-15/h5-13H,4H2,1-3H3. The fraction of sp³-hybridized carbons (Fsp3) is 0.238. The predicted molar refractivity (Wildman–Crippen MR) is 104 cm³/mol. The van der Waals surface area contributed by atoms with E-state index in [0.717, 1.165) is 0 Å². The van der Waals surface area contributed by atoms with E-state index in [0.29, 0.717) is 16.7 Å². The van der Waals surface area contributed by atoms with Crippen molar-refractivity contribution in [3.8, 4) is 0 Å². The van der Waals surface area contributed by atoms with E-state index >= 15 is 0 Å². The predicted octanol–water partition coefficient (Wildman–Crippen LogP) is 4.05. The number of hydrogen-bond acceptors (Lipinski definition) is 5. The van der Waals surface area contributed by atoms with Crippen molar-refractivity contribution in [1.82, 2.24) is 20.2 Å². The molecule has 0 unspecified atom stereocenters. The molecule has 0 spiro atoms. The van der Waals surface area contributed by atoms with Gasteiger partial charge < -0.3 is 4.74 Å². The molecule has 0 atom stereocenters. The zero-order valence-electron chi connectivity index (χ0n) is 16.3. The van der Waals surface area contributed by atoms with Crippen molar-refractivity contribution in [2.24, 2.45) is 0 Å². The molecule has 1 aromatic heterocycles. The number of rotatable bonds is 6. The second kappa shape index (κ2) is 8.72. The number of aromatic nitrogens is 4. The number of esters is 1.